The van der Waals surface area contributed by atoms with Crippen LogP contribution < -0.4 is 10.5 Å². The molecule has 2 aromatic carbocycles. The minimum Gasteiger partial charge on any atom is -0.495 e. The van der Waals surface area contributed by atoms with Crippen molar-refractivity contribution in [3.63, 3.8) is 0 Å². The van der Waals surface area contributed by atoms with Crippen LogP contribution in [0.4, 0.5) is 11.4 Å². The van der Waals surface area contributed by atoms with Crippen LogP contribution in [0.15, 0.2) is 48.5 Å². The molecule has 0 saturated carbocycles. The number of ether oxygens (including phenoxy) is 1. The molecule has 6 nitrogen and oxygen atoms in total. The Morgan fingerprint density at radius 3 is 2.15 bits per heavy atom. The number of hydrogen-bond acceptors (Lipinski definition) is 5. The third-order valence-electron chi connectivity index (χ3n) is 2.38. The molecule has 0 heterocycles. The van der Waals surface area contributed by atoms with E-state index in [2.05, 4.69) is 0 Å². The highest BCUT2D eigenvalue weighted by Crippen LogP contribution is 2.18. The van der Waals surface area contributed by atoms with Crippen molar-refractivity contribution >= 4 is 17.7 Å². The number of benzene rings is 2. The zero-order valence-corrected chi connectivity index (χ0v) is 10.9. The molecule has 20 heavy (non-hydrogen) atoms. The Hall–Kier alpha value is -2.89. The van der Waals surface area contributed by atoms with E-state index in [1.807, 2.05) is 18.2 Å². The lowest BCUT2D eigenvalue weighted by Gasteiger charge is -2.00. The van der Waals surface area contributed by atoms with Gasteiger partial charge in [-0.3, -0.25) is 14.9 Å². The maximum absolute atomic E-state index is 10.1. The van der Waals surface area contributed by atoms with Crippen LogP contribution in [0, 0.1) is 10.1 Å². The van der Waals surface area contributed by atoms with E-state index in [1.165, 1.54) is 24.3 Å². The topological polar surface area (TPSA) is 95.5 Å². The summed E-state index contributed by atoms with van der Waals surface area (Å²) in [5.74, 6) is 0.734. The van der Waals surface area contributed by atoms with Crippen molar-refractivity contribution in [2.45, 2.75) is 0 Å². The van der Waals surface area contributed by atoms with Gasteiger partial charge in [0.05, 0.1) is 17.7 Å². The largest absolute Gasteiger partial charge is 0.495 e. The number of nitrogen functional groups attached to an aromatic ring is 1. The Balaban J connectivity index is 0.000000204. The van der Waals surface area contributed by atoms with Gasteiger partial charge in [0.2, 0.25) is 0 Å². The van der Waals surface area contributed by atoms with Gasteiger partial charge in [-0.25, -0.2) is 0 Å². The molecule has 104 valence electrons. The number of nitrogens with two attached hydrogens (primary N) is 1. The summed E-state index contributed by atoms with van der Waals surface area (Å²) in [5.41, 5.74) is 6.62. The number of nitro benzene ring substituents is 1. The third-order valence-corrected chi connectivity index (χ3v) is 2.38. The first kappa shape index (κ1) is 15.2. The van der Waals surface area contributed by atoms with E-state index in [1.54, 1.807) is 13.2 Å². The molecule has 6 heteroatoms. The van der Waals surface area contributed by atoms with Gasteiger partial charge < -0.3 is 10.5 Å². The summed E-state index contributed by atoms with van der Waals surface area (Å²) in [6.45, 7) is 0. The number of non-ortho nitro benzene ring substituents is 1. The molecule has 0 unspecified atom stereocenters. The van der Waals surface area contributed by atoms with Gasteiger partial charge >= 0.3 is 0 Å². The van der Waals surface area contributed by atoms with Crippen LogP contribution in [0.1, 0.15) is 10.4 Å². The van der Waals surface area contributed by atoms with Crippen molar-refractivity contribution in [1.29, 1.82) is 0 Å². The lowest BCUT2D eigenvalue weighted by atomic mass is 10.2. The molecule has 0 aliphatic heterocycles. The number of carbonyl (C=O) groups is 1. The van der Waals surface area contributed by atoms with Gasteiger partial charge in [0.15, 0.2) is 0 Å². The number of methoxy groups -OCH3 is 1. The van der Waals surface area contributed by atoms with E-state index in [9.17, 15) is 14.9 Å². The summed E-state index contributed by atoms with van der Waals surface area (Å²) in [6, 6.07) is 12.8. The van der Waals surface area contributed by atoms with Crippen molar-refractivity contribution in [2.75, 3.05) is 12.8 Å². The van der Waals surface area contributed by atoms with Gasteiger partial charge in [0, 0.05) is 17.7 Å². The predicted octanol–water partition coefficient (Wildman–Crippen LogP) is 2.68. The summed E-state index contributed by atoms with van der Waals surface area (Å²) in [5, 5.41) is 10.1. The second-order valence-corrected chi connectivity index (χ2v) is 3.71. The van der Waals surface area contributed by atoms with Crippen LogP contribution in [0.3, 0.4) is 0 Å². The fourth-order valence-electron chi connectivity index (χ4n) is 1.34. The van der Waals surface area contributed by atoms with Crippen LogP contribution in [-0.4, -0.2) is 18.3 Å². The van der Waals surface area contributed by atoms with E-state index in [-0.39, 0.29) is 5.69 Å². The molecule has 0 atom stereocenters. The maximum atomic E-state index is 10.1. The number of nitro groups is 1. The highest BCUT2D eigenvalue weighted by molar-refractivity contribution is 5.75. The number of nitrogens with zero attached hydrogens (tertiary/aromatic N) is 1. The van der Waals surface area contributed by atoms with E-state index in [0.29, 0.717) is 17.5 Å². The first-order valence-electron chi connectivity index (χ1n) is 5.66. The normalized spacial score (nSPS) is 9.05. The van der Waals surface area contributed by atoms with E-state index < -0.39 is 4.92 Å². The molecule has 2 rings (SSSR count). The molecule has 0 saturated heterocycles. The first-order chi connectivity index (χ1) is 9.58. The number of anilines is 1. The lowest BCUT2D eigenvalue weighted by molar-refractivity contribution is -0.384. The fraction of sp³-hybridized carbons (Fsp3) is 0.0714. The SMILES string of the molecule is COc1ccccc1N.O=Cc1ccc([N+](=O)[O-])cc1. The summed E-state index contributed by atoms with van der Waals surface area (Å²) >= 11 is 0. The van der Waals surface area contributed by atoms with Gasteiger partial charge in [-0.2, -0.15) is 0 Å². The van der Waals surface area contributed by atoms with Crippen molar-refractivity contribution in [3.8, 4) is 5.75 Å². The molecule has 2 aromatic rings. The molecule has 0 spiro atoms. The zero-order valence-electron chi connectivity index (χ0n) is 10.9. The Bertz CT molecular complexity index is 582. The molecule has 0 bridgehead atoms. The summed E-state index contributed by atoms with van der Waals surface area (Å²) in [6.07, 6.45) is 0.643. The number of hydrogen-bond donors (Lipinski definition) is 1. The number of aldehydes is 1. The molecular formula is C14H14N2O4. The molecule has 0 radical (unpaired) electrons. The van der Waals surface area contributed by atoms with Gasteiger partial charge in [-0.15, -0.1) is 0 Å². The summed E-state index contributed by atoms with van der Waals surface area (Å²) in [4.78, 5) is 19.7. The lowest BCUT2D eigenvalue weighted by Crippen LogP contribution is -1.89. The van der Waals surface area contributed by atoms with E-state index in [0.717, 1.165) is 5.75 Å². The quantitative estimate of drug-likeness (QED) is 0.402. The molecule has 0 fully saturated rings. The van der Waals surface area contributed by atoms with Crippen LogP contribution in [-0.2, 0) is 0 Å². The molecule has 0 amide bonds. The minimum atomic E-state index is -0.505. The smallest absolute Gasteiger partial charge is 0.269 e. The second kappa shape index (κ2) is 7.52. The second-order valence-electron chi connectivity index (χ2n) is 3.71. The monoisotopic (exact) mass is 274 g/mol. The zero-order chi connectivity index (χ0) is 15.0. The van der Waals surface area contributed by atoms with Gasteiger partial charge in [0.25, 0.3) is 5.69 Å². The van der Waals surface area contributed by atoms with Gasteiger partial charge in [-0.05, 0) is 24.3 Å². The van der Waals surface area contributed by atoms with Gasteiger partial charge in [-0.1, -0.05) is 12.1 Å². The van der Waals surface area contributed by atoms with Gasteiger partial charge in [0.1, 0.15) is 12.0 Å². The van der Waals surface area contributed by atoms with Crippen molar-refractivity contribution in [1.82, 2.24) is 0 Å². The third kappa shape index (κ3) is 4.41. The fourth-order valence-corrected chi connectivity index (χ4v) is 1.34. The molecular weight excluding hydrogens is 260 g/mol. The number of para-hydroxylation sites is 2. The molecule has 0 aliphatic rings. The van der Waals surface area contributed by atoms with Crippen LogP contribution in [0.5, 0.6) is 5.75 Å². The summed E-state index contributed by atoms with van der Waals surface area (Å²) < 4.78 is 4.92. The number of carbonyl (C=O) groups excluding carboxylic acids is 1. The Labute approximate surface area is 115 Å². The van der Waals surface area contributed by atoms with Crippen molar-refractivity contribution in [2.24, 2.45) is 0 Å². The summed E-state index contributed by atoms with van der Waals surface area (Å²) in [7, 11) is 1.60. The standard InChI is InChI=1S/C7H5NO3.C7H9NO/c9-5-6-1-3-7(4-2-6)8(10)11;1-9-7-5-3-2-4-6(7)8/h1-5H;2-5H,8H2,1H3. The van der Waals surface area contributed by atoms with Crippen molar-refractivity contribution < 1.29 is 14.5 Å². The minimum absolute atomic E-state index is 0.00407. The van der Waals surface area contributed by atoms with E-state index >= 15 is 0 Å². The van der Waals surface area contributed by atoms with E-state index in [4.69, 9.17) is 10.5 Å². The average Bonchev–Trinajstić information content (AvgIpc) is 2.48. The Kier molecular flexibility index (Phi) is 5.71. The molecule has 2 N–H and O–H groups in total. The van der Waals surface area contributed by atoms with Crippen LogP contribution in [0.25, 0.3) is 0 Å². The predicted molar refractivity (Wildman–Crippen MR) is 75.9 cm³/mol. The Morgan fingerprint density at radius 1 is 1.15 bits per heavy atom. The van der Waals surface area contributed by atoms with Crippen LogP contribution >= 0.6 is 0 Å². The Morgan fingerprint density at radius 2 is 1.75 bits per heavy atom. The van der Waals surface area contributed by atoms with Crippen molar-refractivity contribution in [3.05, 3.63) is 64.2 Å². The first-order valence-corrected chi connectivity index (χ1v) is 5.66. The average molecular weight is 274 g/mol. The molecule has 0 aromatic heterocycles. The van der Waals surface area contributed by atoms with Crippen LogP contribution in [0.2, 0.25) is 0 Å². The molecule has 0 aliphatic carbocycles. The highest BCUT2D eigenvalue weighted by Gasteiger charge is 2.02. The highest BCUT2D eigenvalue weighted by atomic mass is 16.6. The number of rotatable bonds is 3. The maximum Gasteiger partial charge on any atom is 0.269 e.